The summed E-state index contributed by atoms with van der Waals surface area (Å²) in [7, 11) is 1.63. The second-order valence-corrected chi connectivity index (χ2v) is 11.6. The number of fused-ring (bicyclic) bond motifs is 2. The van der Waals surface area contributed by atoms with Crippen molar-refractivity contribution in [2.75, 3.05) is 26.7 Å². The van der Waals surface area contributed by atoms with Crippen LogP contribution < -0.4 is 10.1 Å². The number of carbonyl (C=O) groups is 3. The van der Waals surface area contributed by atoms with Gasteiger partial charge in [-0.3, -0.25) is 14.4 Å². The van der Waals surface area contributed by atoms with Gasteiger partial charge in [0, 0.05) is 60.9 Å². The maximum Gasteiger partial charge on any atom is 0.227 e. The molecular weight excluding hydrogens is 544 g/mol. The fourth-order valence-electron chi connectivity index (χ4n) is 6.79. The summed E-state index contributed by atoms with van der Waals surface area (Å²) < 4.78 is 11.9. The molecule has 0 bridgehead atoms. The van der Waals surface area contributed by atoms with Crippen LogP contribution in [0.4, 0.5) is 0 Å². The average molecular weight is 579 g/mol. The van der Waals surface area contributed by atoms with E-state index in [1.807, 2.05) is 46.2 Å². The molecule has 3 amide bonds. The minimum absolute atomic E-state index is 0.0333. The van der Waals surface area contributed by atoms with Crippen molar-refractivity contribution in [1.82, 2.24) is 20.3 Å². The first-order valence-electron chi connectivity index (χ1n) is 14.5. The van der Waals surface area contributed by atoms with Crippen LogP contribution in [-0.2, 0) is 27.4 Å². The molecule has 9 nitrogen and oxygen atoms in total. The van der Waals surface area contributed by atoms with E-state index in [9.17, 15) is 14.4 Å². The Morgan fingerprint density at radius 2 is 1.88 bits per heavy atom. The van der Waals surface area contributed by atoms with E-state index in [0.29, 0.717) is 67.4 Å². The smallest absolute Gasteiger partial charge is 0.227 e. The fraction of sp³-hybridized carbons (Fsp3) is 0.484. The fourth-order valence-corrected chi connectivity index (χ4v) is 7.05. The summed E-state index contributed by atoms with van der Waals surface area (Å²) in [6.45, 7) is 1.65. The quantitative estimate of drug-likeness (QED) is 0.437. The lowest BCUT2D eigenvalue weighted by atomic mass is 9.77. The molecule has 1 aliphatic carbocycles. The number of nitrogens with one attached hydrogen (secondary N) is 1. The number of hydrogen-bond donors (Lipinski definition) is 1. The number of halogens is 1. The summed E-state index contributed by atoms with van der Waals surface area (Å²) in [5.41, 5.74) is 3.12. The van der Waals surface area contributed by atoms with Crippen molar-refractivity contribution in [3.63, 3.8) is 0 Å². The Kier molecular flexibility index (Phi) is 7.88. The van der Waals surface area contributed by atoms with Gasteiger partial charge in [0.15, 0.2) is 5.58 Å². The minimum Gasteiger partial charge on any atom is -0.487 e. The Hall–Kier alpha value is -3.59. The van der Waals surface area contributed by atoms with Gasteiger partial charge in [-0.2, -0.15) is 0 Å². The second kappa shape index (κ2) is 11.7. The van der Waals surface area contributed by atoms with Gasteiger partial charge in [0.25, 0.3) is 0 Å². The monoisotopic (exact) mass is 578 g/mol. The molecule has 2 fully saturated rings. The molecule has 1 saturated carbocycles. The van der Waals surface area contributed by atoms with Gasteiger partial charge in [0.2, 0.25) is 17.7 Å². The zero-order valence-corrected chi connectivity index (χ0v) is 24.0. The van der Waals surface area contributed by atoms with Crippen molar-refractivity contribution in [1.29, 1.82) is 0 Å². The van der Waals surface area contributed by atoms with Crippen LogP contribution in [-0.4, -0.2) is 59.4 Å². The maximum absolute atomic E-state index is 14.3. The predicted molar refractivity (Wildman–Crippen MR) is 153 cm³/mol. The largest absolute Gasteiger partial charge is 0.487 e. The van der Waals surface area contributed by atoms with Crippen molar-refractivity contribution in [2.24, 2.45) is 11.8 Å². The third kappa shape index (κ3) is 5.27. The Labute approximate surface area is 244 Å². The standard InChI is InChI=1S/C31H35ClN4O5/c1-33-30(38)19-7-2-3-8-20(19)31(39)36-16-14-21-23(32)12-13-27(29(21)25(36)17-35-15-6-11-28(35)37)40-18-24-22-9-4-5-10-26(22)41-34-24/h4-5,9-10,12-13,19-20,25H,2-3,6-8,11,14-18H2,1H3,(H,33,38)/t19?,20?,25-/m1/s1. The Balaban J connectivity index is 1.36. The number of likely N-dealkylation sites (tertiary alicyclic amines) is 1. The van der Waals surface area contributed by atoms with Crippen LogP contribution in [0, 0.1) is 11.8 Å². The number of hydrogen-bond acceptors (Lipinski definition) is 6. The predicted octanol–water partition coefficient (Wildman–Crippen LogP) is 4.66. The Bertz CT molecular complexity index is 1470. The highest BCUT2D eigenvalue weighted by Gasteiger charge is 2.43. The van der Waals surface area contributed by atoms with Gasteiger partial charge in [-0.05, 0) is 55.5 Å². The molecule has 0 radical (unpaired) electrons. The van der Waals surface area contributed by atoms with Crippen molar-refractivity contribution < 1.29 is 23.6 Å². The molecule has 0 spiro atoms. The van der Waals surface area contributed by atoms with Crippen molar-refractivity contribution in [3.05, 3.63) is 58.2 Å². The average Bonchev–Trinajstić information content (AvgIpc) is 3.61. The molecule has 2 aromatic carbocycles. The van der Waals surface area contributed by atoms with Gasteiger partial charge >= 0.3 is 0 Å². The second-order valence-electron chi connectivity index (χ2n) is 11.2. The summed E-state index contributed by atoms with van der Waals surface area (Å²) in [5.74, 6) is -0.173. The molecule has 3 aromatic rings. The van der Waals surface area contributed by atoms with E-state index >= 15 is 0 Å². The van der Waals surface area contributed by atoms with Gasteiger partial charge in [-0.15, -0.1) is 0 Å². The van der Waals surface area contributed by atoms with Gasteiger partial charge in [-0.1, -0.05) is 41.7 Å². The number of benzene rings is 2. The number of carbonyl (C=O) groups excluding carboxylic acids is 3. The molecule has 216 valence electrons. The van der Waals surface area contributed by atoms with Gasteiger partial charge in [0.1, 0.15) is 18.1 Å². The highest BCUT2D eigenvalue weighted by atomic mass is 35.5. The lowest BCUT2D eigenvalue weighted by Crippen LogP contribution is -2.50. The zero-order valence-electron chi connectivity index (χ0n) is 23.2. The molecule has 1 aromatic heterocycles. The molecule has 41 heavy (non-hydrogen) atoms. The molecule has 3 heterocycles. The summed E-state index contributed by atoms with van der Waals surface area (Å²) in [5, 5.41) is 8.46. The van der Waals surface area contributed by atoms with Crippen LogP contribution in [0.1, 0.15) is 61.4 Å². The zero-order chi connectivity index (χ0) is 28.5. The van der Waals surface area contributed by atoms with Gasteiger partial charge in [-0.25, -0.2) is 0 Å². The number of ether oxygens (including phenoxy) is 1. The lowest BCUT2D eigenvalue weighted by Gasteiger charge is -2.43. The van der Waals surface area contributed by atoms with Gasteiger partial charge < -0.3 is 24.4 Å². The van der Waals surface area contributed by atoms with Crippen LogP contribution in [0.3, 0.4) is 0 Å². The number of para-hydroxylation sites is 1. The van der Waals surface area contributed by atoms with E-state index in [4.69, 9.17) is 20.9 Å². The molecule has 3 atom stereocenters. The first kappa shape index (κ1) is 27.6. The first-order valence-corrected chi connectivity index (χ1v) is 14.9. The van der Waals surface area contributed by atoms with Gasteiger partial charge in [0.05, 0.1) is 6.04 Å². The van der Waals surface area contributed by atoms with E-state index in [0.717, 1.165) is 35.8 Å². The summed E-state index contributed by atoms with van der Waals surface area (Å²) in [6.07, 6.45) is 5.08. The minimum atomic E-state index is -0.441. The SMILES string of the molecule is CNC(=O)C1CCCCC1C(=O)N1CCc2c(Cl)ccc(OCc3noc4ccccc34)c2[C@H]1CN1CCCC1=O. The van der Waals surface area contributed by atoms with E-state index in [1.54, 1.807) is 7.05 Å². The highest BCUT2D eigenvalue weighted by molar-refractivity contribution is 6.31. The molecule has 2 unspecified atom stereocenters. The first-order chi connectivity index (χ1) is 20.0. The van der Waals surface area contributed by atoms with E-state index in [1.165, 1.54) is 0 Å². The van der Waals surface area contributed by atoms with E-state index in [2.05, 4.69) is 10.5 Å². The van der Waals surface area contributed by atoms with Crippen molar-refractivity contribution in [3.8, 4) is 5.75 Å². The number of aromatic nitrogens is 1. The topological polar surface area (TPSA) is 105 Å². The summed E-state index contributed by atoms with van der Waals surface area (Å²) in [6, 6.07) is 10.8. The molecule has 1 saturated heterocycles. The van der Waals surface area contributed by atoms with Crippen LogP contribution in [0.2, 0.25) is 5.02 Å². The maximum atomic E-state index is 14.3. The third-order valence-corrected chi connectivity index (χ3v) is 9.26. The summed E-state index contributed by atoms with van der Waals surface area (Å²) in [4.78, 5) is 43.6. The molecule has 3 aliphatic rings. The normalized spacial score (nSPS) is 22.6. The van der Waals surface area contributed by atoms with Crippen LogP contribution in [0.15, 0.2) is 40.9 Å². The Morgan fingerprint density at radius 3 is 2.66 bits per heavy atom. The molecular formula is C31H35ClN4O5. The van der Waals surface area contributed by atoms with Crippen LogP contribution in [0.25, 0.3) is 11.0 Å². The number of rotatable bonds is 7. The van der Waals surface area contributed by atoms with Crippen LogP contribution >= 0.6 is 11.6 Å². The molecule has 2 aliphatic heterocycles. The number of nitrogens with zero attached hydrogens (tertiary/aromatic N) is 3. The Morgan fingerprint density at radius 1 is 1.07 bits per heavy atom. The van der Waals surface area contributed by atoms with E-state index in [-0.39, 0.29) is 30.2 Å². The molecule has 1 N–H and O–H groups in total. The lowest BCUT2D eigenvalue weighted by molar-refractivity contribution is -0.147. The van der Waals surface area contributed by atoms with E-state index < -0.39 is 12.0 Å². The number of amides is 3. The molecule has 6 rings (SSSR count). The summed E-state index contributed by atoms with van der Waals surface area (Å²) >= 11 is 6.74. The molecule has 10 heteroatoms. The van der Waals surface area contributed by atoms with Crippen LogP contribution in [0.5, 0.6) is 5.75 Å². The van der Waals surface area contributed by atoms with Crippen molar-refractivity contribution >= 4 is 40.3 Å². The third-order valence-electron chi connectivity index (χ3n) is 8.90. The van der Waals surface area contributed by atoms with Crippen molar-refractivity contribution in [2.45, 2.75) is 57.6 Å². The highest BCUT2D eigenvalue weighted by Crippen LogP contribution is 2.43.